The summed E-state index contributed by atoms with van der Waals surface area (Å²) in [6.07, 6.45) is 0.746. The first-order valence-corrected chi connectivity index (χ1v) is 7.29. The maximum atomic E-state index is 11.8. The second-order valence-electron chi connectivity index (χ2n) is 3.98. The van der Waals surface area contributed by atoms with Crippen LogP contribution in [0.1, 0.15) is 5.56 Å². The van der Waals surface area contributed by atoms with Crippen LogP contribution in [0.15, 0.2) is 30.3 Å². The van der Waals surface area contributed by atoms with Crippen molar-refractivity contribution in [3.63, 3.8) is 0 Å². The molecule has 0 fully saturated rings. The van der Waals surface area contributed by atoms with Crippen molar-refractivity contribution in [2.75, 3.05) is 32.9 Å². The molecule has 17 heavy (non-hydrogen) atoms. The average molecular weight is 256 g/mol. The number of rotatable bonds is 7. The SMILES string of the molecule is CNCCS(=O)(=O)N(C)CCc1ccccc1. The zero-order valence-electron chi connectivity index (χ0n) is 10.4. The number of nitrogens with zero attached hydrogens (tertiary/aromatic N) is 1. The summed E-state index contributed by atoms with van der Waals surface area (Å²) in [6.45, 7) is 1.01. The molecule has 96 valence electrons. The first-order valence-electron chi connectivity index (χ1n) is 5.69. The van der Waals surface area contributed by atoms with E-state index >= 15 is 0 Å². The Morgan fingerprint density at radius 2 is 1.88 bits per heavy atom. The molecule has 0 aliphatic rings. The second kappa shape index (κ2) is 6.74. The fraction of sp³-hybridized carbons (Fsp3) is 0.500. The third-order valence-corrected chi connectivity index (χ3v) is 4.50. The summed E-state index contributed by atoms with van der Waals surface area (Å²) in [5, 5.41) is 2.85. The Morgan fingerprint density at radius 1 is 1.24 bits per heavy atom. The van der Waals surface area contributed by atoms with Gasteiger partial charge in [0.2, 0.25) is 10.0 Å². The topological polar surface area (TPSA) is 49.4 Å². The monoisotopic (exact) mass is 256 g/mol. The molecule has 0 radical (unpaired) electrons. The van der Waals surface area contributed by atoms with Crippen molar-refractivity contribution in [1.82, 2.24) is 9.62 Å². The molecule has 1 aromatic rings. The quantitative estimate of drug-likeness (QED) is 0.781. The lowest BCUT2D eigenvalue weighted by Crippen LogP contribution is -2.34. The lowest BCUT2D eigenvalue weighted by molar-refractivity contribution is 0.471. The van der Waals surface area contributed by atoms with E-state index in [9.17, 15) is 8.42 Å². The molecule has 0 heterocycles. The largest absolute Gasteiger partial charge is 0.319 e. The van der Waals surface area contributed by atoms with Gasteiger partial charge in [0.05, 0.1) is 5.75 Å². The van der Waals surface area contributed by atoms with Gasteiger partial charge in [-0.1, -0.05) is 30.3 Å². The number of hydrogen-bond acceptors (Lipinski definition) is 3. The fourth-order valence-corrected chi connectivity index (χ4v) is 2.60. The molecule has 1 N–H and O–H groups in total. The highest BCUT2D eigenvalue weighted by Crippen LogP contribution is 2.03. The van der Waals surface area contributed by atoms with Gasteiger partial charge in [-0.3, -0.25) is 0 Å². The smallest absolute Gasteiger partial charge is 0.215 e. The lowest BCUT2D eigenvalue weighted by Gasteiger charge is -2.16. The Kier molecular flexibility index (Phi) is 5.61. The highest BCUT2D eigenvalue weighted by atomic mass is 32.2. The number of nitrogens with one attached hydrogen (secondary N) is 1. The molecule has 0 aliphatic carbocycles. The molecule has 0 unspecified atom stereocenters. The summed E-state index contributed by atoms with van der Waals surface area (Å²) in [4.78, 5) is 0. The summed E-state index contributed by atoms with van der Waals surface area (Å²) in [5.41, 5.74) is 1.16. The first-order chi connectivity index (χ1) is 8.06. The maximum Gasteiger partial charge on any atom is 0.215 e. The maximum absolute atomic E-state index is 11.8. The Morgan fingerprint density at radius 3 is 2.47 bits per heavy atom. The van der Waals surface area contributed by atoms with Crippen LogP contribution in [0.4, 0.5) is 0 Å². The normalized spacial score (nSPS) is 11.9. The van der Waals surface area contributed by atoms with Gasteiger partial charge in [0.1, 0.15) is 0 Å². The van der Waals surface area contributed by atoms with Crippen molar-refractivity contribution in [3.05, 3.63) is 35.9 Å². The van der Waals surface area contributed by atoms with E-state index in [0.29, 0.717) is 13.1 Å². The summed E-state index contributed by atoms with van der Waals surface area (Å²) < 4.78 is 25.0. The summed E-state index contributed by atoms with van der Waals surface area (Å²) in [7, 11) is 0.261. The van der Waals surface area contributed by atoms with Gasteiger partial charge in [-0.05, 0) is 19.0 Å². The van der Waals surface area contributed by atoms with Crippen molar-refractivity contribution in [2.24, 2.45) is 0 Å². The Bertz CT molecular complexity index is 417. The molecule has 4 nitrogen and oxygen atoms in total. The van der Waals surface area contributed by atoms with Crippen LogP contribution < -0.4 is 5.32 Å². The van der Waals surface area contributed by atoms with Gasteiger partial charge in [0.25, 0.3) is 0 Å². The molecule has 0 bridgehead atoms. The number of hydrogen-bond donors (Lipinski definition) is 1. The van der Waals surface area contributed by atoms with E-state index in [1.54, 1.807) is 14.1 Å². The lowest BCUT2D eigenvalue weighted by atomic mass is 10.2. The zero-order valence-corrected chi connectivity index (χ0v) is 11.2. The average Bonchev–Trinajstić information content (AvgIpc) is 2.34. The molecule has 0 aliphatic heterocycles. The fourth-order valence-electron chi connectivity index (χ4n) is 1.46. The summed E-state index contributed by atoms with van der Waals surface area (Å²) in [5.74, 6) is 0.148. The molecule has 1 aromatic carbocycles. The molecular formula is C12H20N2O2S. The number of likely N-dealkylation sites (N-methyl/N-ethyl adjacent to an activating group) is 1. The van der Waals surface area contributed by atoms with Crippen LogP contribution in [0.5, 0.6) is 0 Å². The van der Waals surface area contributed by atoms with Crippen molar-refractivity contribution >= 4 is 10.0 Å². The molecule has 5 heteroatoms. The van der Waals surface area contributed by atoms with Crippen LogP contribution in [0.3, 0.4) is 0 Å². The van der Waals surface area contributed by atoms with E-state index in [1.165, 1.54) is 4.31 Å². The minimum Gasteiger partial charge on any atom is -0.319 e. The van der Waals surface area contributed by atoms with E-state index in [4.69, 9.17) is 0 Å². The van der Waals surface area contributed by atoms with Crippen LogP contribution in [0, 0.1) is 0 Å². The Hall–Kier alpha value is -0.910. The third-order valence-electron chi connectivity index (χ3n) is 2.64. The van der Waals surface area contributed by atoms with Crippen molar-refractivity contribution in [2.45, 2.75) is 6.42 Å². The minimum atomic E-state index is -3.12. The minimum absolute atomic E-state index is 0.148. The van der Waals surface area contributed by atoms with Crippen molar-refractivity contribution in [1.29, 1.82) is 0 Å². The van der Waals surface area contributed by atoms with Crippen LogP contribution in [0.2, 0.25) is 0 Å². The van der Waals surface area contributed by atoms with Crippen molar-refractivity contribution in [3.8, 4) is 0 Å². The predicted octanol–water partition coefficient (Wildman–Crippen LogP) is 0.710. The van der Waals surface area contributed by atoms with E-state index in [1.807, 2.05) is 30.3 Å². The predicted molar refractivity (Wildman–Crippen MR) is 70.5 cm³/mol. The highest BCUT2D eigenvalue weighted by Gasteiger charge is 2.16. The summed E-state index contributed by atoms with van der Waals surface area (Å²) in [6, 6.07) is 9.90. The molecular weight excluding hydrogens is 236 g/mol. The van der Waals surface area contributed by atoms with Gasteiger partial charge in [-0.2, -0.15) is 0 Å². The zero-order chi connectivity index (χ0) is 12.7. The molecule has 0 aromatic heterocycles. The second-order valence-corrected chi connectivity index (χ2v) is 6.17. The van der Waals surface area contributed by atoms with Gasteiger partial charge in [0, 0.05) is 20.1 Å². The standard InChI is InChI=1S/C12H20N2O2S/c1-13-9-11-17(15,16)14(2)10-8-12-6-4-3-5-7-12/h3-7,13H,8-11H2,1-2H3. The molecule has 1 rings (SSSR count). The molecule has 0 amide bonds. The van der Waals surface area contributed by atoms with E-state index in [0.717, 1.165) is 12.0 Å². The van der Waals surface area contributed by atoms with Gasteiger partial charge in [-0.15, -0.1) is 0 Å². The van der Waals surface area contributed by atoms with E-state index in [2.05, 4.69) is 5.32 Å². The van der Waals surface area contributed by atoms with Crippen LogP contribution in [-0.4, -0.2) is 45.7 Å². The molecule has 0 atom stereocenters. The highest BCUT2D eigenvalue weighted by molar-refractivity contribution is 7.89. The van der Waals surface area contributed by atoms with Crippen LogP contribution >= 0.6 is 0 Å². The van der Waals surface area contributed by atoms with Gasteiger partial charge < -0.3 is 5.32 Å². The van der Waals surface area contributed by atoms with Crippen LogP contribution in [-0.2, 0) is 16.4 Å². The van der Waals surface area contributed by atoms with Gasteiger partial charge in [-0.25, -0.2) is 12.7 Å². The number of benzene rings is 1. The van der Waals surface area contributed by atoms with E-state index < -0.39 is 10.0 Å². The Balaban J connectivity index is 2.47. The van der Waals surface area contributed by atoms with Gasteiger partial charge >= 0.3 is 0 Å². The van der Waals surface area contributed by atoms with Crippen molar-refractivity contribution < 1.29 is 8.42 Å². The van der Waals surface area contributed by atoms with Gasteiger partial charge in [0.15, 0.2) is 0 Å². The molecule has 0 saturated carbocycles. The summed E-state index contributed by atoms with van der Waals surface area (Å²) >= 11 is 0. The third kappa shape index (κ3) is 4.85. The number of sulfonamides is 1. The molecule has 0 spiro atoms. The Labute approximate surface area is 104 Å². The molecule has 0 saturated heterocycles. The first kappa shape index (κ1) is 14.2. The van der Waals surface area contributed by atoms with E-state index in [-0.39, 0.29) is 5.75 Å². The van der Waals surface area contributed by atoms with Crippen LogP contribution in [0.25, 0.3) is 0 Å².